The van der Waals surface area contributed by atoms with Crippen LogP contribution in [0.1, 0.15) is 38.7 Å². The monoisotopic (exact) mass is 521 g/mol. The molecule has 0 aliphatic heterocycles. The van der Waals surface area contributed by atoms with E-state index in [9.17, 15) is 29.4 Å². The minimum atomic E-state index is -1.38. The predicted molar refractivity (Wildman–Crippen MR) is 138 cm³/mol. The molecular formula is C24H39N7O6. The van der Waals surface area contributed by atoms with Gasteiger partial charge in [-0.1, -0.05) is 50.6 Å². The summed E-state index contributed by atoms with van der Waals surface area (Å²) in [6, 6.07) is 4.13. The molecule has 13 nitrogen and oxygen atoms in total. The molecule has 1 aromatic carbocycles. The third kappa shape index (κ3) is 11.3. The van der Waals surface area contributed by atoms with Crippen molar-refractivity contribution in [1.82, 2.24) is 16.0 Å². The molecule has 37 heavy (non-hydrogen) atoms. The minimum absolute atomic E-state index is 0.0572. The van der Waals surface area contributed by atoms with Gasteiger partial charge in [-0.2, -0.15) is 0 Å². The zero-order valence-corrected chi connectivity index (χ0v) is 21.2. The lowest BCUT2D eigenvalue weighted by Gasteiger charge is -2.26. The van der Waals surface area contributed by atoms with Crippen molar-refractivity contribution in [3.63, 3.8) is 0 Å². The molecule has 1 rings (SSSR count). The van der Waals surface area contributed by atoms with E-state index >= 15 is 0 Å². The number of guanidine groups is 1. The van der Waals surface area contributed by atoms with Gasteiger partial charge in [-0.15, -0.1) is 0 Å². The summed E-state index contributed by atoms with van der Waals surface area (Å²) < 4.78 is 0. The van der Waals surface area contributed by atoms with Crippen molar-refractivity contribution >= 4 is 29.7 Å². The third-order valence-electron chi connectivity index (χ3n) is 5.81. The zero-order chi connectivity index (χ0) is 28.0. The molecule has 5 unspecified atom stereocenters. The Bertz CT molecular complexity index is 923. The molecule has 1 aromatic rings. The average Bonchev–Trinajstić information content (AvgIpc) is 2.87. The predicted octanol–water partition coefficient (Wildman–Crippen LogP) is -1.81. The first-order valence-corrected chi connectivity index (χ1v) is 12.1. The van der Waals surface area contributed by atoms with Gasteiger partial charge in [0.25, 0.3) is 0 Å². The summed E-state index contributed by atoms with van der Waals surface area (Å²) in [5.74, 6) is -3.83. The molecule has 206 valence electrons. The number of nitrogens with zero attached hydrogens (tertiary/aromatic N) is 1. The highest BCUT2D eigenvalue weighted by atomic mass is 16.4. The van der Waals surface area contributed by atoms with Gasteiger partial charge in [0.05, 0.1) is 12.6 Å². The van der Waals surface area contributed by atoms with Crippen LogP contribution in [0.4, 0.5) is 0 Å². The van der Waals surface area contributed by atoms with Gasteiger partial charge in [0, 0.05) is 13.0 Å². The second kappa shape index (κ2) is 16.1. The maximum atomic E-state index is 13.1. The number of aliphatic carboxylic acids is 1. The molecule has 0 heterocycles. The average molecular weight is 522 g/mol. The van der Waals surface area contributed by atoms with Crippen LogP contribution < -0.4 is 33.2 Å². The fourth-order valence-corrected chi connectivity index (χ4v) is 3.39. The number of aliphatic imine (C=N–C) groups is 1. The smallest absolute Gasteiger partial charge is 0.326 e. The molecule has 5 atom stereocenters. The SMILES string of the molecule is CCC(C)C(NC(=O)C(Cc1ccccc1)NC(=O)C(CO)NC(=O)C(N)CCCN=C(N)N)C(=O)O. The van der Waals surface area contributed by atoms with Crippen LogP contribution in [-0.4, -0.2) is 77.2 Å². The Morgan fingerprint density at radius 1 is 0.973 bits per heavy atom. The highest BCUT2D eigenvalue weighted by Gasteiger charge is 2.31. The first kappa shape index (κ1) is 31.3. The number of nitrogens with one attached hydrogen (secondary N) is 3. The fraction of sp³-hybridized carbons (Fsp3) is 0.542. The van der Waals surface area contributed by atoms with Crippen molar-refractivity contribution in [3.05, 3.63) is 35.9 Å². The molecular weight excluding hydrogens is 482 g/mol. The van der Waals surface area contributed by atoms with Gasteiger partial charge < -0.3 is 43.4 Å². The second-order valence-corrected chi connectivity index (χ2v) is 8.76. The van der Waals surface area contributed by atoms with E-state index in [-0.39, 0.29) is 31.3 Å². The van der Waals surface area contributed by atoms with Crippen LogP contribution >= 0.6 is 0 Å². The Kier molecular flexibility index (Phi) is 13.6. The number of carbonyl (C=O) groups excluding carboxylic acids is 3. The number of aliphatic hydroxyl groups is 1. The van der Waals surface area contributed by atoms with Crippen LogP contribution in [0.3, 0.4) is 0 Å². The van der Waals surface area contributed by atoms with Gasteiger partial charge in [-0.05, 0) is 24.3 Å². The highest BCUT2D eigenvalue weighted by Crippen LogP contribution is 2.10. The first-order chi connectivity index (χ1) is 17.5. The Morgan fingerprint density at radius 2 is 1.57 bits per heavy atom. The number of carboxylic acid groups (broad SMARTS) is 1. The van der Waals surface area contributed by atoms with E-state index in [2.05, 4.69) is 20.9 Å². The summed E-state index contributed by atoms with van der Waals surface area (Å²) in [4.78, 5) is 53.9. The van der Waals surface area contributed by atoms with Crippen molar-refractivity contribution in [1.29, 1.82) is 0 Å². The summed E-state index contributed by atoms with van der Waals surface area (Å²) in [5.41, 5.74) is 17.1. The number of nitrogens with two attached hydrogens (primary N) is 3. The van der Waals surface area contributed by atoms with Gasteiger partial charge in [0.15, 0.2) is 5.96 Å². The quantitative estimate of drug-likeness (QED) is 0.0694. The molecule has 0 fully saturated rings. The number of benzene rings is 1. The number of carbonyl (C=O) groups is 4. The standard InChI is InChI=1S/C24H39N7O6/c1-3-14(2)19(23(36)37)31-21(34)17(12-15-8-5-4-6-9-15)29-22(35)18(13-32)30-20(33)16(25)10-7-11-28-24(26)27/h4-6,8-9,14,16-19,32H,3,7,10-13,25H2,1-2H3,(H,29,35)(H,30,33)(H,31,34)(H,36,37)(H4,26,27,28). The molecule has 3 amide bonds. The Labute approximate surface area is 216 Å². The Hall–Kier alpha value is -3.71. The summed E-state index contributed by atoms with van der Waals surface area (Å²) >= 11 is 0. The molecule has 13 heteroatoms. The number of aliphatic hydroxyl groups excluding tert-OH is 1. The highest BCUT2D eigenvalue weighted by molar-refractivity contribution is 5.94. The number of amides is 3. The number of carboxylic acids is 1. The van der Waals surface area contributed by atoms with Gasteiger partial charge in [-0.3, -0.25) is 19.4 Å². The molecule has 0 saturated heterocycles. The molecule has 0 aromatic heterocycles. The molecule has 0 spiro atoms. The number of hydrogen-bond donors (Lipinski definition) is 8. The van der Waals surface area contributed by atoms with E-state index in [1.165, 1.54) is 0 Å². The summed E-state index contributed by atoms with van der Waals surface area (Å²) in [6.45, 7) is 3.03. The van der Waals surface area contributed by atoms with E-state index in [0.717, 1.165) is 0 Å². The van der Waals surface area contributed by atoms with Crippen molar-refractivity contribution in [3.8, 4) is 0 Å². The van der Waals surface area contributed by atoms with E-state index < -0.39 is 54.5 Å². The summed E-state index contributed by atoms with van der Waals surface area (Å²) in [5, 5.41) is 26.7. The molecule has 0 saturated carbocycles. The molecule has 11 N–H and O–H groups in total. The van der Waals surface area contributed by atoms with Crippen molar-refractivity contribution in [2.45, 2.75) is 63.7 Å². The van der Waals surface area contributed by atoms with Gasteiger partial charge in [0.1, 0.15) is 18.1 Å². The third-order valence-corrected chi connectivity index (χ3v) is 5.81. The molecule has 0 radical (unpaired) electrons. The molecule has 0 aliphatic rings. The maximum absolute atomic E-state index is 13.1. The zero-order valence-electron chi connectivity index (χ0n) is 21.2. The van der Waals surface area contributed by atoms with Gasteiger partial charge >= 0.3 is 5.97 Å². The van der Waals surface area contributed by atoms with E-state index in [1.807, 2.05) is 0 Å². The summed E-state index contributed by atoms with van der Waals surface area (Å²) in [7, 11) is 0. The Morgan fingerprint density at radius 3 is 2.11 bits per heavy atom. The topological polar surface area (TPSA) is 235 Å². The number of hydrogen-bond acceptors (Lipinski definition) is 7. The van der Waals surface area contributed by atoms with E-state index in [0.29, 0.717) is 18.4 Å². The molecule has 0 aliphatic carbocycles. The number of rotatable bonds is 16. The van der Waals surface area contributed by atoms with Crippen LogP contribution in [0.15, 0.2) is 35.3 Å². The molecule has 0 bridgehead atoms. The van der Waals surface area contributed by atoms with Gasteiger partial charge in [-0.25, -0.2) is 4.79 Å². The van der Waals surface area contributed by atoms with Crippen LogP contribution in [-0.2, 0) is 25.6 Å². The van der Waals surface area contributed by atoms with Crippen LogP contribution in [0, 0.1) is 5.92 Å². The summed E-state index contributed by atoms with van der Waals surface area (Å²) in [6.07, 6.45) is 1.22. The Balaban J connectivity index is 2.94. The lowest BCUT2D eigenvalue weighted by atomic mass is 9.98. The van der Waals surface area contributed by atoms with Crippen molar-refractivity contribution in [2.75, 3.05) is 13.2 Å². The minimum Gasteiger partial charge on any atom is -0.480 e. The second-order valence-electron chi connectivity index (χ2n) is 8.76. The maximum Gasteiger partial charge on any atom is 0.326 e. The first-order valence-electron chi connectivity index (χ1n) is 12.1. The van der Waals surface area contributed by atoms with Crippen molar-refractivity contribution < 1.29 is 29.4 Å². The van der Waals surface area contributed by atoms with E-state index in [4.69, 9.17) is 17.2 Å². The largest absolute Gasteiger partial charge is 0.480 e. The van der Waals surface area contributed by atoms with E-state index in [1.54, 1.807) is 44.2 Å². The van der Waals surface area contributed by atoms with Gasteiger partial charge in [0.2, 0.25) is 17.7 Å². The van der Waals surface area contributed by atoms with Crippen molar-refractivity contribution in [2.24, 2.45) is 28.1 Å². The fourth-order valence-electron chi connectivity index (χ4n) is 3.39. The van der Waals surface area contributed by atoms with Crippen LogP contribution in [0.5, 0.6) is 0 Å². The van der Waals surface area contributed by atoms with Crippen LogP contribution in [0.2, 0.25) is 0 Å². The normalized spacial score (nSPS) is 14.8. The lowest BCUT2D eigenvalue weighted by molar-refractivity contribution is -0.143. The van der Waals surface area contributed by atoms with Crippen LogP contribution in [0.25, 0.3) is 0 Å². The lowest BCUT2D eigenvalue weighted by Crippen LogP contribution is -2.59.